The van der Waals surface area contributed by atoms with E-state index in [1.54, 1.807) is 35.2 Å². The Kier molecular flexibility index (Phi) is 5.79. The first kappa shape index (κ1) is 20.7. The number of benzene rings is 2. The van der Waals surface area contributed by atoms with Gasteiger partial charge in [-0.15, -0.1) is 10.2 Å². The van der Waals surface area contributed by atoms with E-state index in [1.807, 2.05) is 4.90 Å². The van der Waals surface area contributed by atoms with Crippen LogP contribution in [0.2, 0.25) is 0 Å². The molecule has 1 aliphatic heterocycles. The molecule has 1 saturated heterocycles. The molecule has 0 unspecified atom stereocenters. The number of piperazine rings is 1. The third-order valence-electron chi connectivity index (χ3n) is 4.99. The number of halogens is 3. The van der Waals surface area contributed by atoms with Gasteiger partial charge in [-0.25, -0.2) is 0 Å². The zero-order valence-corrected chi connectivity index (χ0v) is 16.4. The van der Waals surface area contributed by atoms with Gasteiger partial charge in [0.05, 0.1) is 5.56 Å². The number of hydrogen-bond acceptors (Lipinski definition) is 6. The molecule has 1 fully saturated rings. The summed E-state index contributed by atoms with van der Waals surface area (Å²) in [5, 5.41) is 7.44. The summed E-state index contributed by atoms with van der Waals surface area (Å²) in [7, 11) is 0. The highest BCUT2D eigenvalue weighted by Crippen LogP contribution is 2.32. The van der Waals surface area contributed by atoms with E-state index in [-0.39, 0.29) is 12.5 Å². The molecule has 31 heavy (non-hydrogen) atoms. The minimum absolute atomic E-state index is 0.122. The summed E-state index contributed by atoms with van der Waals surface area (Å²) < 4.78 is 49.5. The largest absolute Gasteiger partial charge is 0.484 e. The van der Waals surface area contributed by atoms with Gasteiger partial charge in [-0.1, -0.05) is 6.07 Å². The lowest BCUT2D eigenvalue weighted by Crippen LogP contribution is -2.50. The molecule has 0 saturated carbocycles. The molecule has 162 valence electrons. The van der Waals surface area contributed by atoms with Crippen molar-refractivity contribution in [2.24, 2.45) is 0 Å². The average molecular weight is 432 g/mol. The number of rotatable bonds is 5. The van der Waals surface area contributed by atoms with Gasteiger partial charge >= 0.3 is 6.18 Å². The SMILES string of the molecule is O=C(COc1ccc(-c2nnco2)cc1)N1CCN(c2cccc(C(F)(F)F)c2)CC1. The molecule has 0 radical (unpaired) electrons. The van der Waals surface area contributed by atoms with E-state index in [4.69, 9.17) is 9.15 Å². The number of nitrogens with zero attached hydrogens (tertiary/aromatic N) is 4. The Labute approximate surface area is 176 Å². The van der Waals surface area contributed by atoms with Gasteiger partial charge in [-0.2, -0.15) is 13.2 Å². The van der Waals surface area contributed by atoms with E-state index in [1.165, 1.54) is 12.5 Å². The second-order valence-electron chi connectivity index (χ2n) is 6.97. The monoisotopic (exact) mass is 432 g/mol. The highest BCUT2D eigenvalue weighted by atomic mass is 19.4. The van der Waals surface area contributed by atoms with E-state index in [2.05, 4.69) is 10.2 Å². The summed E-state index contributed by atoms with van der Waals surface area (Å²) in [4.78, 5) is 15.9. The summed E-state index contributed by atoms with van der Waals surface area (Å²) in [6, 6.07) is 12.1. The van der Waals surface area contributed by atoms with E-state index in [0.29, 0.717) is 43.5 Å². The number of hydrogen-bond donors (Lipinski definition) is 0. The van der Waals surface area contributed by atoms with E-state index >= 15 is 0 Å². The molecule has 1 aliphatic rings. The molecular formula is C21H19F3N4O3. The van der Waals surface area contributed by atoms with Crippen LogP contribution in [0.1, 0.15) is 5.56 Å². The molecule has 7 nitrogen and oxygen atoms in total. The maximum atomic E-state index is 12.9. The Balaban J connectivity index is 1.28. The fraction of sp³-hybridized carbons (Fsp3) is 0.286. The standard InChI is InChI=1S/C21H19F3N4O3/c22-21(23,24)16-2-1-3-17(12-16)27-8-10-28(11-9-27)19(29)13-30-18-6-4-15(5-7-18)20-26-25-14-31-20/h1-7,12,14H,8-11,13H2. The Bertz CT molecular complexity index is 1020. The van der Waals surface area contributed by atoms with Crippen LogP contribution in [-0.4, -0.2) is 53.8 Å². The second-order valence-corrected chi connectivity index (χ2v) is 6.97. The molecule has 2 aromatic carbocycles. The Morgan fingerprint density at radius 2 is 1.81 bits per heavy atom. The number of carbonyl (C=O) groups excluding carboxylic acids is 1. The van der Waals surface area contributed by atoms with Gasteiger partial charge in [0.25, 0.3) is 5.91 Å². The molecule has 1 aromatic heterocycles. The second kappa shape index (κ2) is 8.66. The molecule has 0 atom stereocenters. The zero-order chi connectivity index (χ0) is 21.8. The molecule has 10 heteroatoms. The molecule has 0 bridgehead atoms. The summed E-state index contributed by atoms with van der Waals surface area (Å²) in [6.07, 6.45) is -3.14. The Morgan fingerprint density at radius 1 is 1.06 bits per heavy atom. The lowest BCUT2D eigenvalue weighted by Gasteiger charge is -2.36. The molecule has 3 aromatic rings. The van der Waals surface area contributed by atoms with Crippen molar-refractivity contribution in [3.63, 3.8) is 0 Å². The van der Waals surface area contributed by atoms with E-state index in [9.17, 15) is 18.0 Å². The van der Waals surface area contributed by atoms with Crippen molar-refractivity contribution in [1.29, 1.82) is 0 Å². The van der Waals surface area contributed by atoms with Crippen LogP contribution >= 0.6 is 0 Å². The normalized spacial score (nSPS) is 14.5. The first-order valence-corrected chi connectivity index (χ1v) is 9.59. The van der Waals surface area contributed by atoms with Crippen molar-refractivity contribution in [3.8, 4) is 17.2 Å². The van der Waals surface area contributed by atoms with Gasteiger partial charge in [-0.05, 0) is 42.5 Å². The van der Waals surface area contributed by atoms with Gasteiger partial charge in [-0.3, -0.25) is 4.79 Å². The third kappa shape index (κ3) is 4.96. The van der Waals surface area contributed by atoms with Gasteiger partial charge in [0.2, 0.25) is 12.3 Å². The van der Waals surface area contributed by atoms with Crippen LogP contribution in [0.5, 0.6) is 5.75 Å². The van der Waals surface area contributed by atoms with Crippen LogP contribution in [0.4, 0.5) is 18.9 Å². The summed E-state index contributed by atoms with van der Waals surface area (Å²) in [5.74, 6) is 0.741. The van der Waals surface area contributed by atoms with Gasteiger partial charge in [0, 0.05) is 37.4 Å². The first-order valence-electron chi connectivity index (χ1n) is 9.59. The van der Waals surface area contributed by atoms with Crippen LogP contribution < -0.4 is 9.64 Å². The molecule has 1 amide bonds. The van der Waals surface area contributed by atoms with Crippen molar-refractivity contribution in [2.75, 3.05) is 37.7 Å². The van der Waals surface area contributed by atoms with Crippen LogP contribution in [0.3, 0.4) is 0 Å². The van der Waals surface area contributed by atoms with E-state index in [0.717, 1.165) is 17.7 Å². The lowest BCUT2D eigenvalue weighted by molar-refractivity contribution is -0.137. The number of alkyl halides is 3. The van der Waals surface area contributed by atoms with Crippen molar-refractivity contribution in [3.05, 3.63) is 60.5 Å². The predicted molar refractivity (Wildman–Crippen MR) is 105 cm³/mol. The number of carbonyl (C=O) groups is 1. The molecule has 2 heterocycles. The van der Waals surface area contributed by atoms with Gasteiger partial charge < -0.3 is 19.0 Å². The predicted octanol–water partition coefficient (Wildman–Crippen LogP) is 3.48. The number of anilines is 1. The zero-order valence-electron chi connectivity index (χ0n) is 16.4. The smallest absolute Gasteiger partial charge is 0.416 e. The third-order valence-corrected chi connectivity index (χ3v) is 4.99. The molecular weight excluding hydrogens is 413 g/mol. The first-order chi connectivity index (χ1) is 14.9. The topological polar surface area (TPSA) is 71.7 Å². The minimum atomic E-state index is -4.38. The molecule has 0 N–H and O–H groups in total. The van der Waals surface area contributed by atoms with Crippen LogP contribution in [0, 0.1) is 0 Å². The highest BCUT2D eigenvalue weighted by molar-refractivity contribution is 5.78. The molecule has 4 rings (SSSR count). The van der Waals surface area contributed by atoms with Gasteiger partial charge in [0.15, 0.2) is 6.61 Å². The maximum Gasteiger partial charge on any atom is 0.416 e. The summed E-state index contributed by atoms with van der Waals surface area (Å²) in [6.45, 7) is 1.60. The van der Waals surface area contributed by atoms with Crippen molar-refractivity contribution in [2.45, 2.75) is 6.18 Å². The van der Waals surface area contributed by atoms with Gasteiger partial charge in [0.1, 0.15) is 5.75 Å². The van der Waals surface area contributed by atoms with Crippen LogP contribution in [0.15, 0.2) is 59.3 Å². The van der Waals surface area contributed by atoms with Crippen LogP contribution in [0.25, 0.3) is 11.5 Å². The molecule has 0 aliphatic carbocycles. The Hall–Kier alpha value is -3.56. The number of ether oxygens (including phenoxy) is 1. The number of aromatic nitrogens is 2. The quantitative estimate of drug-likeness (QED) is 0.615. The van der Waals surface area contributed by atoms with Crippen LogP contribution in [-0.2, 0) is 11.0 Å². The average Bonchev–Trinajstić information content (AvgIpc) is 3.32. The summed E-state index contributed by atoms with van der Waals surface area (Å²) in [5.41, 5.74) is 0.559. The van der Waals surface area contributed by atoms with Crippen molar-refractivity contribution in [1.82, 2.24) is 15.1 Å². The number of amides is 1. The summed E-state index contributed by atoms with van der Waals surface area (Å²) >= 11 is 0. The van der Waals surface area contributed by atoms with Crippen molar-refractivity contribution >= 4 is 11.6 Å². The van der Waals surface area contributed by atoms with Crippen molar-refractivity contribution < 1.29 is 27.1 Å². The highest BCUT2D eigenvalue weighted by Gasteiger charge is 2.31. The maximum absolute atomic E-state index is 12.9. The molecule has 0 spiro atoms. The lowest BCUT2D eigenvalue weighted by atomic mass is 10.1. The fourth-order valence-corrected chi connectivity index (χ4v) is 3.32. The minimum Gasteiger partial charge on any atom is -0.484 e. The Morgan fingerprint density at radius 3 is 2.45 bits per heavy atom. The van der Waals surface area contributed by atoms with E-state index < -0.39 is 11.7 Å². The fourth-order valence-electron chi connectivity index (χ4n) is 3.32.